The van der Waals surface area contributed by atoms with Gasteiger partial charge in [0.1, 0.15) is 12.2 Å². The minimum Gasteiger partial charge on any atom is -0.483 e. The van der Waals surface area contributed by atoms with Crippen molar-refractivity contribution < 1.29 is 24.2 Å². The Morgan fingerprint density at radius 3 is 2.80 bits per heavy atom. The molecule has 1 N–H and O–H groups in total. The van der Waals surface area contributed by atoms with E-state index < -0.39 is 5.60 Å². The number of hydrogen-bond donors (Lipinski definition) is 1. The van der Waals surface area contributed by atoms with Crippen LogP contribution in [-0.4, -0.2) is 69.1 Å². The molecule has 0 radical (unpaired) electrons. The number of ether oxygens (including phenoxy) is 2. The van der Waals surface area contributed by atoms with Crippen molar-refractivity contribution >= 4 is 12.4 Å². The first-order valence-corrected chi connectivity index (χ1v) is 10.7. The van der Waals surface area contributed by atoms with Crippen molar-refractivity contribution in [1.82, 2.24) is 19.2 Å². The Morgan fingerprint density at radius 1 is 1.37 bits per heavy atom. The van der Waals surface area contributed by atoms with Crippen molar-refractivity contribution in [2.75, 3.05) is 26.8 Å². The highest BCUT2D eigenvalue weighted by Gasteiger charge is 2.44. The molecule has 30 heavy (non-hydrogen) atoms. The fourth-order valence-electron chi connectivity index (χ4n) is 4.72. The van der Waals surface area contributed by atoms with Crippen LogP contribution < -0.4 is 5.69 Å². The van der Waals surface area contributed by atoms with E-state index in [2.05, 4.69) is 5.10 Å². The van der Waals surface area contributed by atoms with Crippen LogP contribution in [0.2, 0.25) is 0 Å². The van der Waals surface area contributed by atoms with Crippen LogP contribution in [0, 0.1) is 5.92 Å². The molecule has 1 spiro atoms. The SMILES string of the molecule is COCCn1nc2n(c1=O)CC1(CCN(C(=O)CCC3CCCC3)C1)OC2.O=CO. The van der Waals surface area contributed by atoms with Gasteiger partial charge in [0, 0.05) is 20.1 Å². The molecule has 1 aromatic heterocycles. The van der Waals surface area contributed by atoms with Crippen molar-refractivity contribution in [1.29, 1.82) is 0 Å². The molecule has 10 nitrogen and oxygen atoms in total. The molecule has 3 aliphatic rings. The molecular weight excluding hydrogens is 392 g/mol. The van der Waals surface area contributed by atoms with Crippen LogP contribution >= 0.6 is 0 Å². The first-order chi connectivity index (χ1) is 14.5. The number of carboxylic acid groups (broad SMARTS) is 1. The van der Waals surface area contributed by atoms with Gasteiger partial charge in [0.2, 0.25) is 5.91 Å². The molecule has 1 unspecified atom stereocenters. The van der Waals surface area contributed by atoms with E-state index in [1.54, 1.807) is 11.7 Å². The highest BCUT2D eigenvalue weighted by atomic mass is 16.5. The molecule has 1 aromatic rings. The molecule has 3 heterocycles. The molecule has 1 aliphatic carbocycles. The Hall–Kier alpha value is -2.20. The summed E-state index contributed by atoms with van der Waals surface area (Å²) in [6.45, 7) is 2.72. The summed E-state index contributed by atoms with van der Waals surface area (Å²) in [5.74, 6) is 1.62. The Kier molecular flexibility index (Phi) is 7.65. The number of hydrogen-bond acceptors (Lipinski definition) is 6. The second-order valence-electron chi connectivity index (χ2n) is 8.33. The van der Waals surface area contributed by atoms with Crippen LogP contribution in [0.4, 0.5) is 0 Å². The Bertz CT molecular complexity index is 785. The first-order valence-electron chi connectivity index (χ1n) is 10.7. The molecule has 168 valence electrons. The third-order valence-electron chi connectivity index (χ3n) is 6.37. The maximum Gasteiger partial charge on any atom is 0.346 e. The number of methoxy groups -OCH3 is 1. The van der Waals surface area contributed by atoms with Crippen molar-refractivity contribution in [2.45, 2.75) is 70.2 Å². The molecular formula is C20H32N4O6. The van der Waals surface area contributed by atoms with Gasteiger partial charge >= 0.3 is 5.69 Å². The number of nitrogens with zero attached hydrogens (tertiary/aromatic N) is 4. The maximum absolute atomic E-state index is 12.6. The summed E-state index contributed by atoms with van der Waals surface area (Å²) in [6.07, 6.45) is 7.61. The molecule has 0 bridgehead atoms. The first kappa shape index (κ1) is 22.5. The van der Waals surface area contributed by atoms with Gasteiger partial charge in [-0.3, -0.25) is 14.2 Å². The molecule has 10 heteroatoms. The summed E-state index contributed by atoms with van der Waals surface area (Å²) < 4.78 is 14.3. The summed E-state index contributed by atoms with van der Waals surface area (Å²) in [7, 11) is 1.61. The van der Waals surface area contributed by atoms with E-state index in [9.17, 15) is 9.59 Å². The molecule has 4 rings (SSSR count). The topological polar surface area (TPSA) is 116 Å². The summed E-state index contributed by atoms with van der Waals surface area (Å²) >= 11 is 0. The molecule has 1 atom stereocenters. The number of aromatic nitrogens is 3. The number of rotatable bonds is 6. The molecule has 1 saturated carbocycles. The van der Waals surface area contributed by atoms with Crippen LogP contribution in [0.25, 0.3) is 0 Å². The number of fused-ring (bicyclic) bond motifs is 1. The summed E-state index contributed by atoms with van der Waals surface area (Å²) in [4.78, 5) is 35.5. The summed E-state index contributed by atoms with van der Waals surface area (Å²) in [5, 5.41) is 11.2. The minimum absolute atomic E-state index is 0.115. The predicted molar refractivity (Wildman–Crippen MR) is 107 cm³/mol. The quantitative estimate of drug-likeness (QED) is 0.674. The van der Waals surface area contributed by atoms with Gasteiger partial charge in [-0.25, -0.2) is 9.48 Å². The second kappa shape index (κ2) is 10.2. The van der Waals surface area contributed by atoms with Crippen molar-refractivity contribution in [3.05, 3.63) is 16.3 Å². The number of likely N-dealkylation sites (tertiary alicyclic amines) is 1. The highest BCUT2D eigenvalue weighted by molar-refractivity contribution is 5.76. The molecule has 2 fully saturated rings. The normalized spacial score (nSPS) is 23.3. The molecule has 1 saturated heterocycles. The zero-order valence-electron chi connectivity index (χ0n) is 17.6. The van der Waals surface area contributed by atoms with E-state index in [1.165, 1.54) is 30.4 Å². The van der Waals surface area contributed by atoms with Gasteiger partial charge in [-0.05, 0) is 18.8 Å². The van der Waals surface area contributed by atoms with E-state index in [0.717, 1.165) is 18.8 Å². The third kappa shape index (κ3) is 5.10. The zero-order valence-corrected chi connectivity index (χ0v) is 17.6. The van der Waals surface area contributed by atoms with Crippen LogP contribution in [0.15, 0.2) is 4.79 Å². The fraction of sp³-hybridized carbons (Fsp3) is 0.800. The molecule has 2 aliphatic heterocycles. The number of carbonyl (C=O) groups excluding carboxylic acids is 1. The average Bonchev–Trinajstić information content (AvgIpc) is 3.47. The molecule has 0 aromatic carbocycles. The zero-order chi connectivity index (χ0) is 21.6. The Morgan fingerprint density at radius 2 is 2.10 bits per heavy atom. The highest BCUT2D eigenvalue weighted by Crippen LogP contribution is 2.33. The Balaban J connectivity index is 0.000000806. The van der Waals surface area contributed by atoms with Crippen LogP contribution in [0.3, 0.4) is 0 Å². The lowest BCUT2D eigenvalue weighted by Gasteiger charge is -2.33. The number of amides is 1. The third-order valence-corrected chi connectivity index (χ3v) is 6.37. The lowest BCUT2D eigenvalue weighted by Crippen LogP contribution is -2.47. The average molecular weight is 424 g/mol. The predicted octanol–water partition coefficient (Wildman–Crippen LogP) is 0.864. The number of carbonyl (C=O) groups is 2. The fourth-order valence-corrected chi connectivity index (χ4v) is 4.72. The Labute approximate surface area is 175 Å². The largest absolute Gasteiger partial charge is 0.483 e. The van der Waals surface area contributed by atoms with E-state index >= 15 is 0 Å². The van der Waals surface area contributed by atoms with E-state index in [1.807, 2.05) is 4.90 Å². The second-order valence-corrected chi connectivity index (χ2v) is 8.33. The van der Waals surface area contributed by atoms with Crippen molar-refractivity contribution in [3.8, 4) is 0 Å². The molecule has 1 amide bonds. The van der Waals surface area contributed by atoms with Gasteiger partial charge < -0.3 is 19.5 Å². The smallest absolute Gasteiger partial charge is 0.346 e. The standard InChI is InChI=1S/C19H30N4O4.CH2O2/c1-26-11-10-23-18(25)22-14-19(27-12-16(22)20-23)8-9-21(13-19)17(24)7-6-15-4-2-3-5-15;2-1-3/h15H,2-14H2,1H3;1H,(H,2,3). The van der Waals surface area contributed by atoms with Crippen molar-refractivity contribution in [3.63, 3.8) is 0 Å². The van der Waals surface area contributed by atoms with Gasteiger partial charge in [0.15, 0.2) is 5.82 Å². The van der Waals surface area contributed by atoms with Crippen LogP contribution in [0.5, 0.6) is 0 Å². The van der Waals surface area contributed by atoms with E-state index in [-0.39, 0.29) is 18.1 Å². The lowest BCUT2D eigenvalue weighted by atomic mass is 10.0. The van der Waals surface area contributed by atoms with Gasteiger partial charge in [0.05, 0.1) is 26.2 Å². The van der Waals surface area contributed by atoms with Gasteiger partial charge in [0.25, 0.3) is 6.47 Å². The minimum atomic E-state index is -0.449. The van der Waals surface area contributed by atoms with Crippen LogP contribution in [0.1, 0.15) is 50.8 Å². The van der Waals surface area contributed by atoms with Gasteiger partial charge in [-0.2, -0.15) is 5.10 Å². The lowest BCUT2D eigenvalue weighted by molar-refractivity contribution is -0.133. The monoisotopic (exact) mass is 424 g/mol. The van der Waals surface area contributed by atoms with Crippen LogP contribution in [-0.2, 0) is 38.8 Å². The summed E-state index contributed by atoms with van der Waals surface area (Å²) in [6, 6.07) is 0. The van der Waals surface area contributed by atoms with Gasteiger partial charge in [-0.15, -0.1) is 0 Å². The van der Waals surface area contributed by atoms with E-state index in [4.69, 9.17) is 19.4 Å². The van der Waals surface area contributed by atoms with Crippen molar-refractivity contribution in [2.24, 2.45) is 5.92 Å². The summed E-state index contributed by atoms with van der Waals surface area (Å²) in [5.41, 5.74) is -0.564. The maximum atomic E-state index is 12.6. The van der Waals surface area contributed by atoms with E-state index in [0.29, 0.717) is 51.6 Å². The van der Waals surface area contributed by atoms with Gasteiger partial charge in [-0.1, -0.05) is 25.7 Å².